The summed E-state index contributed by atoms with van der Waals surface area (Å²) in [6.07, 6.45) is 1.06. The first-order valence-electron chi connectivity index (χ1n) is 5.07. The van der Waals surface area contributed by atoms with Crippen LogP contribution in [0.4, 0.5) is 0 Å². The summed E-state index contributed by atoms with van der Waals surface area (Å²) < 4.78 is 0. The molecule has 0 unspecified atom stereocenters. The maximum atomic E-state index is 9.52. The third-order valence-electron chi connectivity index (χ3n) is 2.41. The highest BCUT2D eigenvalue weighted by molar-refractivity contribution is 7.13. The summed E-state index contributed by atoms with van der Waals surface area (Å²) in [6, 6.07) is 7.89. The molecule has 0 radical (unpaired) electrons. The summed E-state index contributed by atoms with van der Waals surface area (Å²) in [5, 5.41) is 11.7. The van der Waals surface area contributed by atoms with Crippen molar-refractivity contribution in [1.82, 2.24) is 0 Å². The van der Waals surface area contributed by atoms with E-state index >= 15 is 0 Å². The average Bonchev–Trinajstić information content (AvgIpc) is 2.64. The fourth-order valence-corrected chi connectivity index (χ4v) is 2.60. The number of aromatic hydroxyl groups is 1. The Balaban J connectivity index is 2.44. The van der Waals surface area contributed by atoms with Crippen molar-refractivity contribution in [2.24, 2.45) is 0 Å². The molecule has 0 bridgehead atoms. The van der Waals surface area contributed by atoms with Crippen molar-refractivity contribution in [3.8, 4) is 16.2 Å². The summed E-state index contributed by atoms with van der Waals surface area (Å²) in [6.45, 7) is 4.15. The molecule has 15 heavy (non-hydrogen) atoms. The standard InChI is InChI=1S/C13H14OS/c1-3-10-6-13(15-8-10)11-4-9(2)5-12(14)7-11/h4-8,14H,3H2,1-2H3. The van der Waals surface area contributed by atoms with E-state index in [4.69, 9.17) is 0 Å². The van der Waals surface area contributed by atoms with Gasteiger partial charge in [0.2, 0.25) is 0 Å². The minimum Gasteiger partial charge on any atom is -0.508 e. The predicted octanol–water partition coefficient (Wildman–Crippen LogP) is 3.99. The molecule has 1 heterocycles. The number of thiophene rings is 1. The molecule has 0 fully saturated rings. The number of rotatable bonds is 2. The number of phenols is 1. The highest BCUT2D eigenvalue weighted by Gasteiger charge is 2.03. The number of phenolic OH excluding ortho intramolecular Hbond substituents is 1. The Kier molecular flexibility index (Phi) is 2.78. The first-order valence-corrected chi connectivity index (χ1v) is 5.95. The maximum absolute atomic E-state index is 9.52. The minimum atomic E-state index is 0.344. The number of hydrogen-bond donors (Lipinski definition) is 1. The SMILES string of the molecule is CCc1csc(-c2cc(C)cc(O)c2)c1. The largest absolute Gasteiger partial charge is 0.508 e. The van der Waals surface area contributed by atoms with Crippen molar-refractivity contribution in [2.45, 2.75) is 20.3 Å². The Morgan fingerprint density at radius 3 is 2.60 bits per heavy atom. The molecule has 1 aromatic carbocycles. The zero-order valence-corrected chi connectivity index (χ0v) is 9.77. The second-order valence-corrected chi connectivity index (χ2v) is 4.64. The van der Waals surface area contributed by atoms with E-state index in [1.54, 1.807) is 17.4 Å². The minimum absolute atomic E-state index is 0.344. The lowest BCUT2D eigenvalue weighted by Crippen LogP contribution is -1.77. The van der Waals surface area contributed by atoms with E-state index in [1.807, 2.05) is 13.0 Å². The molecular formula is C13H14OS. The van der Waals surface area contributed by atoms with Gasteiger partial charge in [-0.25, -0.2) is 0 Å². The van der Waals surface area contributed by atoms with Gasteiger partial charge in [-0.05, 0) is 53.6 Å². The van der Waals surface area contributed by atoms with E-state index in [9.17, 15) is 5.11 Å². The third-order valence-corrected chi connectivity index (χ3v) is 3.44. The van der Waals surface area contributed by atoms with Crippen molar-refractivity contribution in [3.63, 3.8) is 0 Å². The molecule has 0 atom stereocenters. The van der Waals surface area contributed by atoms with Crippen LogP contribution >= 0.6 is 11.3 Å². The van der Waals surface area contributed by atoms with Crippen LogP contribution in [0.3, 0.4) is 0 Å². The van der Waals surface area contributed by atoms with Crippen LogP contribution < -0.4 is 0 Å². The monoisotopic (exact) mass is 218 g/mol. The molecule has 2 heteroatoms. The molecule has 0 saturated carbocycles. The average molecular weight is 218 g/mol. The van der Waals surface area contributed by atoms with Crippen LogP contribution in [0.15, 0.2) is 29.6 Å². The predicted molar refractivity (Wildman–Crippen MR) is 65.5 cm³/mol. The van der Waals surface area contributed by atoms with Gasteiger partial charge in [-0.1, -0.05) is 13.0 Å². The van der Waals surface area contributed by atoms with Crippen molar-refractivity contribution in [1.29, 1.82) is 0 Å². The third kappa shape index (κ3) is 2.21. The van der Waals surface area contributed by atoms with E-state index in [0.717, 1.165) is 17.5 Å². The zero-order valence-electron chi connectivity index (χ0n) is 8.95. The van der Waals surface area contributed by atoms with Gasteiger partial charge in [-0.3, -0.25) is 0 Å². The molecule has 0 aliphatic heterocycles. The summed E-state index contributed by atoms with van der Waals surface area (Å²) >= 11 is 1.73. The summed E-state index contributed by atoms with van der Waals surface area (Å²) in [4.78, 5) is 1.23. The van der Waals surface area contributed by atoms with E-state index in [-0.39, 0.29) is 0 Å². The van der Waals surface area contributed by atoms with Crippen molar-refractivity contribution in [3.05, 3.63) is 40.8 Å². The van der Waals surface area contributed by atoms with Crippen molar-refractivity contribution in [2.75, 3.05) is 0 Å². The van der Waals surface area contributed by atoms with Gasteiger partial charge in [0.1, 0.15) is 5.75 Å². The van der Waals surface area contributed by atoms with E-state index in [0.29, 0.717) is 5.75 Å². The Bertz CT molecular complexity index is 451. The highest BCUT2D eigenvalue weighted by atomic mass is 32.1. The fourth-order valence-electron chi connectivity index (χ4n) is 1.62. The molecular weight excluding hydrogens is 204 g/mol. The Morgan fingerprint density at radius 1 is 1.20 bits per heavy atom. The molecule has 0 spiro atoms. The van der Waals surface area contributed by atoms with Crippen LogP contribution in [0.2, 0.25) is 0 Å². The Morgan fingerprint density at radius 2 is 2.00 bits per heavy atom. The molecule has 0 saturated heterocycles. The lowest BCUT2D eigenvalue weighted by atomic mass is 10.1. The van der Waals surface area contributed by atoms with Gasteiger partial charge in [0.05, 0.1) is 0 Å². The van der Waals surface area contributed by atoms with Gasteiger partial charge in [-0.15, -0.1) is 11.3 Å². The Labute approximate surface area is 94.0 Å². The highest BCUT2D eigenvalue weighted by Crippen LogP contribution is 2.30. The Hall–Kier alpha value is -1.28. The number of hydrogen-bond acceptors (Lipinski definition) is 2. The summed E-state index contributed by atoms with van der Waals surface area (Å²) in [5.74, 6) is 0.344. The lowest BCUT2D eigenvalue weighted by molar-refractivity contribution is 0.475. The normalized spacial score (nSPS) is 10.5. The molecule has 0 amide bonds. The molecule has 1 N–H and O–H groups in total. The van der Waals surface area contributed by atoms with Crippen LogP contribution in [-0.2, 0) is 6.42 Å². The first kappa shape index (κ1) is 10.2. The molecule has 0 aliphatic carbocycles. The van der Waals surface area contributed by atoms with Crippen LogP contribution in [0.5, 0.6) is 5.75 Å². The zero-order chi connectivity index (χ0) is 10.8. The van der Waals surface area contributed by atoms with Gasteiger partial charge in [0, 0.05) is 4.88 Å². The van der Waals surface area contributed by atoms with Crippen molar-refractivity contribution < 1.29 is 5.11 Å². The fraction of sp³-hybridized carbons (Fsp3) is 0.231. The van der Waals surface area contributed by atoms with E-state index in [2.05, 4.69) is 24.4 Å². The number of benzene rings is 1. The van der Waals surface area contributed by atoms with Gasteiger partial charge < -0.3 is 5.11 Å². The van der Waals surface area contributed by atoms with Crippen LogP contribution in [0.1, 0.15) is 18.1 Å². The molecule has 0 aliphatic rings. The van der Waals surface area contributed by atoms with Gasteiger partial charge in [0.15, 0.2) is 0 Å². The number of aryl methyl sites for hydroxylation is 2. The summed E-state index contributed by atoms with van der Waals surface area (Å²) in [7, 11) is 0. The topological polar surface area (TPSA) is 20.2 Å². The second kappa shape index (κ2) is 4.07. The van der Waals surface area contributed by atoms with Crippen LogP contribution in [0, 0.1) is 6.92 Å². The molecule has 1 nitrogen and oxygen atoms in total. The molecule has 2 rings (SSSR count). The van der Waals surface area contributed by atoms with E-state index in [1.165, 1.54) is 10.4 Å². The molecule has 1 aromatic heterocycles. The van der Waals surface area contributed by atoms with Crippen LogP contribution in [-0.4, -0.2) is 5.11 Å². The second-order valence-electron chi connectivity index (χ2n) is 3.73. The van der Waals surface area contributed by atoms with Gasteiger partial charge in [0.25, 0.3) is 0 Å². The van der Waals surface area contributed by atoms with Gasteiger partial charge >= 0.3 is 0 Å². The van der Waals surface area contributed by atoms with Crippen LogP contribution in [0.25, 0.3) is 10.4 Å². The summed E-state index contributed by atoms with van der Waals surface area (Å²) in [5.41, 5.74) is 3.56. The smallest absolute Gasteiger partial charge is 0.116 e. The maximum Gasteiger partial charge on any atom is 0.116 e. The van der Waals surface area contributed by atoms with E-state index < -0.39 is 0 Å². The first-order chi connectivity index (χ1) is 7.19. The molecule has 78 valence electrons. The quantitative estimate of drug-likeness (QED) is 0.808. The lowest BCUT2D eigenvalue weighted by Gasteiger charge is -2.01. The molecule has 2 aromatic rings. The van der Waals surface area contributed by atoms with Crippen molar-refractivity contribution >= 4 is 11.3 Å². The van der Waals surface area contributed by atoms with Gasteiger partial charge in [-0.2, -0.15) is 0 Å².